The Morgan fingerprint density at radius 2 is 1.93 bits per heavy atom. The molecule has 5 nitrogen and oxygen atoms in total. The van der Waals surface area contributed by atoms with Gasteiger partial charge in [-0.1, -0.05) is 41.3 Å². The number of carbonyl (C=O) groups excluding carboxylic acids is 1. The van der Waals surface area contributed by atoms with Gasteiger partial charge in [-0.3, -0.25) is 4.79 Å². The first-order valence-corrected chi connectivity index (χ1v) is 9.80. The average Bonchev–Trinajstić information content (AvgIpc) is 3.11. The molecule has 0 unspecified atom stereocenters. The molecule has 140 valence electrons. The number of benzene rings is 2. The average molecular weight is 406 g/mol. The third-order valence-electron chi connectivity index (χ3n) is 3.55. The van der Waals surface area contributed by atoms with E-state index in [0.717, 1.165) is 5.56 Å². The van der Waals surface area contributed by atoms with Crippen LogP contribution in [0.15, 0.2) is 46.8 Å². The summed E-state index contributed by atoms with van der Waals surface area (Å²) in [6.07, 6.45) is 0. The summed E-state index contributed by atoms with van der Waals surface area (Å²) in [5, 5.41) is 14.4. The summed E-state index contributed by atoms with van der Waals surface area (Å²) in [6.45, 7) is 2.16. The van der Waals surface area contributed by atoms with Crippen molar-refractivity contribution in [3.8, 4) is 0 Å². The molecule has 0 atom stereocenters. The maximum atomic E-state index is 13.5. The standard InChI is InChI=1S/C18H16F2N4OS2/c1-11-2-7-14(8-15(11)20)22-16(25)10-26-18-24-23-17(27-18)21-9-12-3-5-13(19)6-4-12/h2-8H,9-10H2,1H3,(H,21,23)(H,22,25). The second-order valence-corrected chi connectivity index (χ2v) is 7.85. The highest BCUT2D eigenvalue weighted by Crippen LogP contribution is 2.26. The molecular weight excluding hydrogens is 390 g/mol. The van der Waals surface area contributed by atoms with Gasteiger partial charge in [0.2, 0.25) is 11.0 Å². The van der Waals surface area contributed by atoms with Crippen LogP contribution in [0.4, 0.5) is 19.6 Å². The van der Waals surface area contributed by atoms with E-state index in [1.807, 2.05) is 0 Å². The first-order chi connectivity index (χ1) is 13.0. The van der Waals surface area contributed by atoms with Crippen molar-refractivity contribution in [2.45, 2.75) is 17.8 Å². The highest BCUT2D eigenvalue weighted by molar-refractivity contribution is 8.01. The number of anilines is 2. The van der Waals surface area contributed by atoms with Crippen LogP contribution in [0.1, 0.15) is 11.1 Å². The first kappa shape index (κ1) is 19.2. The van der Waals surface area contributed by atoms with Crippen molar-refractivity contribution in [1.82, 2.24) is 10.2 Å². The predicted molar refractivity (Wildman–Crippen MR) is 104 cm³/mol. The van der Waals surface area contributed by atoms with Gasteiger partial charge in [0.05, 0.1) is 5.75 Å². The summed E-state index contributed by atoms with van der Waals surface area (Å²) in [6, 6.07) is 10.7. The van der Waals surface area contributed by atoms with Gasteiger partial charge < -0.3 is 10.6 Å². The first-order valence-electron chi connectivity index (χ1n) is 8.00. The third kappa shape index (κ3) is 5.73. The lowest BCUT2D eigenvalue weighted by Gasteiger charge is -2.05. The van der Waals surface area contributed by atoms with Crippen molar-refractivity contribution in [2.24, 2.45) is 0 Å². The minimum absolute atomic E-state index is 0.141. The second-order valence-electron chi connectivity index (χ2n) is 5.65. The normalized spacial score (nSPS) is 10.6. The molecule has 0 fully saturated rings. The van der Waals surface area contributed by atoms with Gasteiger partial charge in [0.15, 0.2) is 4.34 Å². The Morgan fingerprint density at radius 3 is 2.67 bits per heavy atom. The van der Waals surface area contributed by atoms with Crippen LogP contribution in [0.2, 0.25) is 0 Å². The summed E-state index contributed by atoms with van der Waals surface area (Å²) < 4.78 is 27.0. The van der Waals surface area contributed by atoms with Gasteiger partial charge in [-0.15, -0.1) is 10.2 Å². The predicted octanol–water partition coefficient (Wildman–Crippen LogP) is 4.47. The third-order valence-corrected chi connectivity index (χ3v) is 5.56. The highest BCUT2D eigenvalue weighted by atomic mass is 32.2. The quantitative estimate of drug-likeness (QED) is 0.567. The van der Waals surface area contributed by atoms with E-state index in [-0.39, 0.29) is 23.3 Å². The molecule has 3 rings (SSSR count). The van der Waals surface area contributed by atoms with Crippen molar-refractivity contribution in [2.75, 3.05) is 16.4 Å². The van der Waals surface area contributed by atoms with Crippen molar-refractivity contribution in [3.05, 3.63) is 65.2 Å². The molecule has 0 aliphatic heterocycles. The molecule has 2 N–H and O–H groups in total. The van der Waals surface area contributed by atoms with Crippen LogP contribution in [0.5, 0.6) is 0 Å². The molecule has 1 amide bonds. The van der Waals surface area contributed by atoms with E-state index >= 15 is 0 Å². The maximum Gasteiger partial charge on any atom is 0.234 e. The minimum atomic E-state index is -0.360. The van der Waals surface area contributed by atoms with E-state index in [9.17, 15) is 13.6 Å². The molecule has 0 bridgehead atoms. The van der Waals surface area contributed by atoms with Crippen molar-refractivity contribution in [3.63, 3.8) is 0 Å². The lowest BCUT2D eigenvalue weighted by Crippen LogP contribution is -2.14. The number of hydrogen-bond acceptors (Lipinski definition) is 6. The fraction of sp³-hybridized carbons (Fsp3) is 0.167. The molecule has 1 aromatic heterocycles. The number of hydrogen-bond donors (Lipinski definition) is 2. The zero-order chi connectivity index (χ0) is 19.2. The Bertz CT molecular complexity index is 931. The summed E-state index contributed by atoms with van der Waals surface area (Å²) >= 11 is 2.57. The topological polar surface area (TPSA) is 66.9 Å². The zero-order valence-corrected chi connectivity index (χ0v) is 16.0. The SMILES string of the molecule is Cc1ccc(NC(=O)CSc2nnc(NCc3ccc(F)cc3)s2)cc1F. The molecule has 0 saturated heterocycles. The number of thioether (sulfide) groups is 1. The Morgan fingerprint density at radius 1 is 1.15 bits per heavy atom. The van der Waals surface area contributed by atoms with E-state index in [1.54, 1.807) is 31.2 Å². The summed E-state index contributed by atoms with van der Waals surface area (Å²) in [5.74, 6) is -0.747. The van der Waals surface area contributed by atoms with E-state index in [0.29, 0.717) is 27.3 Å². The van der Waals surface area contributed by atoms with Crippen molar-refractivity contribution < 1.29 is 13.6 Å². The molecule has 0 radical (unpaired) electrons. The Hall–Kier alpha value is -2.52. The molecule has 0 aliphatic carbocycles. The fourth-order valence-electron chi connectivity index (χ4n) is 2.11. The minimum Gasteiger partial charge on any atom is -0.356 e. The van der Waals surface area contributed by atoms with Crippen LogP contribution in [0.3, 0.4) is 0 Å². The molecule has 27 heavy (non-hydrogen) atoms. The number of carbonyl (C=O) groups is 1. The largest absolute Gasteiger partial charge is 0.356 e. The van der Waals surface area contributed by atoms with Gasteiger partial charge in [-0.05, 0) is 42.3 Å². The van der Waals surface area contributed by atoms with Gasteiger partial charge >= 0.3 is 0 Å². The molecule has 1 heterocycles. The number of aromatic nitrogens is 2. The van der Waals surface area contributed by atoms with Crippen molar-refractivity contribution in [1.29, 1.82) is 0 Å². The summed E-state index contributed by atoms with van der Waals surface area (Å²) in [4.78, 5) is 12.0. The van der Waals surface area contributed by atoms with Gasteiger partial charge in [-0.25, -0.2) is 8.78 Å². The smallest absolute Gasteiger partial charge is 0.234 e. The molecule has 2 aromatic carbocycles. The Labute approximate surface area is 163 Å². The molecule has 0 saturated carbocycles. The van der Waals surface area contributed by atoms with E-state index in [2.05, 4.69) is 20.8 Å². The number of nitrogens with one attached hydrogen (secondary N) is 2. The lowest BCUT2D eigenvalue weighted by atomic mass is 10.2. The monoisotopic (exact) mass is 406 g/mol. The van der Waals surface area contributed by atoms with E-state index in [4.69, 9.17) is 0 Å². The molecule has 9 heteroatoms. The second kappa shape index (κ2) is 8.92. The number of halogens is 2. The van der Waals surface area contributed by atoms with Gasteiger partial charge in [0, 0.05) is 12.2 Å². The van der Waals surface area contributed by atoms with Gasteiger partial charge in [0.1, 0.15) is 11.6 Å². The number of amides is 1. The van der Waals surface area contributed by atoms with Gasteiger partial charge in [-0.2, -0.15) is 0 Å². The lowest BCUT2D eigenvalue weighted by molar-refractivity contribution is -0.113. The Balaban J connectivity index is 1.46. The van der Waals surface area contributed by atoms with Crippen LogP contribution >= 0.6 is 23.1 Å². The fourth-order valence-corrected chi connectivity index (χ4v) is 3.66. The number of nitrogens with zero attached hydrogens (tertiary/aromatic N) is 2. The van der Waals surface area contributed by atoms with Crippen molar-refractivity contribution >= 4 is 39.8 Å². The number of rotatable bonds is 7. The van der Waals surface area contributed by atoms with Crippen LogP contribution in [-0.2, 0) is 11.3 Å². The molecule has 0 aliphatic rings. The van der Waals surface area contributed by atoms with Crippen LogP contribution in [0.25, 0.3) is 0 Å². The maximum absolute atomic E-state index is 13.5. The van der Waals surface area contributed by atoms with Crippen LogP contribution < -0.4 is 10.6 Å². The van der Waals surface area contributed by atoms with E-state index < -0.39 is 0 Å². The number of aryl methyl sites for hydroxylation is 1. The van der Waals surface area contributed by atoms with E-state index in [1.165, 1.54) is 41.3 Å². The van der Waals surface area contributed by atoms with Gasteiger partial charge in [0.25, 0.3) is 0 Å². The van der Waals surface area contributed by atoms with Crippen LogP contribution in [-0.4, -0.2) is 21.9 Å². The zero-order valence-electron chi connectivity index (χ0n) is 14.3. The molecule has 0 spiro atoms. The van der Waals surface area contributed by atoms with Crippen LogP contribution in [0, 0.1) is 18.6 Å². The molecular formula is C18H16F2N4OS2. The molecule has 3 aromatic rings. The summed E-state index contributed by atoms with van der Waals surface area (Å²) in [7, 11) is 0. The highest BCUT2D eigenvalue weighted by Gasteiger charge is 2.09. The summed E-state index contributed by atoms with van der Waals surface area (Å²) in [5.41, 5.74) is 1.87. The Kier molecular flexibility index (Phi) is 6.36.